The molecule has 1 aromatic carbocycles. The zero-order valence-corrected chi connectivity index (χ0v) is 13.3. The van der Waals surface area contributed by atoms with Gasteiger partial charge in [-0.1, -0.05) is 6.07 Å². The van der Waals surface area contributed by atoms with Crippen molar-refractivity contribution in [2.24, 2.45) is 17.8 Å². The smallest absolute Gasteiger partial charge is 0.258 e. The van der Waals surface area contributed by atoms with Crippen molar-refractivity contribution < 1.29 is 9.53 Å². The van der Waals surface area contributed by atoms with Crippen molar-refractivity contribution in [1.29, 1.82) is 5.26 Å². The highest BCUT2D eigenvalue weighted by Crippen LogP contribution is 2.55. The highest BCUT2D eigenvalue weighted by atomic mass is 16.5. The lowest BCUT2D eigenvalue weighted by Gasteiger charge is -2.56. The summed E-state index contributed by atoms with van der Waals surface area (Å²) in [6, 6.07) is 9.01. The quantitative estimate of drug-likeness (QED) is 0.930. The molecule has 0 aromatic heterocycles. The highest BCUT2D eigenvalue weighted by molar-refractivity contribution is 5.78. The molecule has 0 atom stereocenters. The number of amides is 1. The molecule has 4 nitrogen and oxygen atoms in total. The van der Waals surface area contributed by atoms with Gasteiger partial charge in [0.05, 0.1) is 11.6 Å². The topological polar surface area (TPSA) is 62.1 Å². The molecule has 1 N–H and O–H groups in total. The van der Waals surface area contributed by atoms with Crippen LogP contribution in [0.25, 0.3) is 0 Å². The third-order valence-electron chi connectivity index (χ3n) is 5.78. The van der Waals surface area contributed by atoms with E-state index in [4.69, 9.17) is 10.00 Å². The molecule has 0 unspecified atom stereocenters. The first kappa shape index (κ1) is 14.6. The monoisotopic (exact) mass is 310 g/mol. The number of carbonyl (C=O) groups excluding carboxylic acids is 1. The fraction of sp³-hybridized carbons (Fsp3) is 0.579. The first-order valence-corrected chi connectivity index (χ1v) is 8.58. The van der Waals surface area contributed by atoms with Crippen molar-refractivity contribution in [1.82, 2.24) is 5.32 Å². The van der Waals surface area contributed by atoms with Gasteiger partial charge in [-0.05, 0) is 74.5 Å². The Morgan fingerprint density at radius 3 is 2.48 bits per heavy atom. The maximum Gasteiger partial charge on any atom is 0.258 e. The summed E-state index contributed by atoms with van der Waals surface area (Å²) in [6.07, 6.45) is 7.55. The number of hydrogen-bond acceptors (Lipinski definition) is 3. The van der Waals surface area contributed by atoms with Gasteiger partial charge in [0.2, 0.25) is 0 Å². The maximum atomic E-state index is 12.4. The molecular formula is C19H22N2O2. The number of ether oxygens (including phenoxy) is 1. The molecule has 0 heterocycles. The standard InChI is InChI=1S/C19H22N2O2/c20-11-13-2-1-3-17(7-13)23-12-18(22)21-19-8-14-4-15(9-19)6-16(5-14)10-19/h1-3,7,14-16H,4-6,8-10,12H2,(H,21,22). The lowest BCUT2D eigenvalue weighted by atomic mass is 9.53. The Bertz CT molecular complexity index is 626. The predicted molar refractivity (Wildman–Crippen MR) is 85.7 cm³/mol. The Hall–Kier alpha value is -2.02. The maximum absolute atomic E-state index is 12.4. The Labute approximate surface area is 136 Å². The van der Waals surface area contributed by atoms with Gasteiger partial charge in [-0.3, -0.25) is 4.79 Å². The van der Waals surface area contributed by atoms with Crippen LogP contribution in [0, 0.1) is 29.1 Å². The van der Waals surface area contributed by atoms with Crippen molar-refractivity contribution in [2.75, 3.05) is 6.61 Å². The van der Waals surface area contributed by atoms with Gasteiger partial charge in [-0.2, -0.15) is 5.26 Å². The first-order valence-electron chi connectivity index (χ1n) is 8.58. The number of carbonyl (C=O) groups is 1. The third kappa shape index (κ3) is 2.93. The molecule has 0 spiro atoms. The molecule has 4 fully saturated rings. The van der Waals surface area contributed by atoms with Gasteiger partial charge in [0.15, 0.2) is 6.61 Å². The van der Waals surface area contributed by atoms with Gasteiger partial charge in [0.1, 0.15) is 5.75 Å². The van der Waals surface area contributed by atoms with E-state index >= 15 is 0 Å². The second-order valence-electron chi connectivity index (χ2n) is 7.67. The molecule has 5 rings (SSSR count). The van der Waals surface area contributed by atoms with Gasteiger partial charge in [-0.15, -0.1) is 0 Å². The summed E-state index contributed by atoms with van der Waals surface area (Å²) < 4.78 is 5.56. The molecule has 23 heavy (non-hydrogen) atoms. The summed E-state index contributed by atoms with van der Waals surface area (Å²) in [5, 5.41) is 12.2. The van der Waals surface area contributed by atoms with E-state index in [0.717, 1.165) is 37.0 Å². The van der Waals surface area contributed by atoms with Crippen LogP contribution in [-0.2, 0) is 4.79 Å². The van der Waals surface area contributed by atoms with E-state index in [9.17, 15) is 4.79 Å². The average Bonchev–Trinajstić information content (AvgIpc) is 2.51. The minimum atomic E-state index is -0.0330. The summed E-state index contributed by atoms with van der Waals surface area (Å²) >= 11 is 0. The van der Waals surface area contributed by atoms with Gasteiger partial charge in [0, 0.05) is 5.54 Å². The molecule has 4 aliphatic rings. The molecule has 4 heteroatoms. The van der Waals surface area contributed by atoms with Crippen molar-refractivity contribution in [2.45, 2.75) is 44.1 Å². The molecular weight excluding hydrogens is 288 g/mol. The van der Waals surface area contributed by atoms with E-state index < -0.39 is 0 Å². The summed E-state index contributed by atoms with van der Waals surface area (Å²) in [5.74, 6) is 2.98. The normalized spacial score (nSPS) is 34.0. The zero-order valence-electron chi connectivity index (χ0n) is 13.3. The van der Waals surface area contributed by atoms with Crippen LogP contribution in [0.4, 0.5) is 0 Å². The molecule has 0 radical (unpaired) electrons. The third-order valence-corrected chi connectivity index (χ3v) is 5.78. The van der Waals surface area contributed by atoms with Crippen LogP contribution in [-0.4, -0.2) is 18.1 Å². The van der Waals surface area contributed by atoms with E-state index in [-0.39, 0.29) is 18.1 Å². The van der Waals surface area contributed by atoms with E-state index in [2.05, 4.69) is 11.4 Å². The molecule has 4 saturated carbocycles. The van der Waals surface area contributed by atoms with Gasteiger partial charge >= 0.3 is 0 Å². The fourth-order valence-electron chi connectivity index (χ4n) is 5.40. The first-order chi connectivity index (χ1) is 11.1. The Morgan fingerprint density at radius 2 is 1.87 bits per heavy atom. The summed E-state index contributed by atoms with van der Waals surface area (Å²) in [6.45, 7) is 0.0244. The second kappa shape index (κ2) is 5.56. The lowest BCUT2D eigenvalue weighted by molar-refractivity contribution is -0.128. The SMILES string of the molecule is N#Cc1cccc(OCC(=O)NC23CC4CC(CC(C4)C2)C3)c1. The molecule has 4 aliphatic carbocycles. The van der Waals surface area contributed by atoms with Crippen molar-refractivity contribution in [3.05, 3.63) is 29.8 Å². The molecule has 4 bridgehead atoms. The Balaban J connectivity index is 1.36. The van der Waals surface area contributed by atoms with E-state index in [1.165, 1.54) is 19.3 Å². The summed E-state index contributed by atoms with van der Waals surface area (Å²) in [7, 11) is 0. The van der Waals surface area contributed by atoms with E-state index in [1.807, 2.05) is 0 Å². The van der Waals surface area contributed by atoms with Crippen LogP contribution in [0.15, 0.2) is 24.3 Å². The lowest BCUT2D eigenvalue weighted by Crippen LogP contribution is -2.60. The molecule has 1 aromatic rings. The number of benzene rings is 1. The van der Waals surface area contributed by atoms with Crippen molar-refractivity contribution >= 4 is 5.91 Å². The number of nitrogens with zero attached hydrogens (tertiary/aromatic N) is 1. The average molecular weight is 310 g/mol. The van der Waals surface area contributed by atoms with Gasteiger partial charge < -0.3 is 10.1 Å². The molecule has 0 saturated heterocycles. The van der Waals surface area contributed by atoms with Crippen LogP contribution in [0.5, 0.6) is 5.75 Å². The van der Waals surface area contributed by atoms with Crippen molar-refractivity contribution in [3.63, 3.8) is 0 Å². The predicted octanol–water partition coefficient (Wildman–Crippen LogP) is 3.02. The van der Waals surface area contributed by atoms with Crippen LogP contribution < -0.4 is 10.1 Å². The van der Waals surface area contributed by atoms with Crippen LogP contribution in [0.3, 0.4) is 0 Å². The largest absolute Gasteiger partial charge is 0.484 e. The minimum Gasteiger partial charge on any atom is -0.484 e. The number of hydrogen-bond donors (Lipinski definition) is 1. The Kier molecular flexibility index (Phi) is 3.52. The summed E-state index contributed by atoms with van der Waals surface area (Å²) in [5.41, 5.74) is 0.577. The summed E-state index contributed by atoms with van der Waals surface area (Å²) in [4.78, 5) is 12.4. The highest BCUT2D eigenvalue weighted by Gasteiger charge is 2.51. The van der Waals surface area contributed by atoms with Gasteiger partial charge in [0.25, 0.3) is 5.91 Å². The van der Waals surface area contributed by atoms with Crippen LogP contribution >= 0.6 is 0 Å². The van der Waals surface area contributed by atoms with Crippen LogP contribution in [0.2, 0.25) is 0 Å². The molecule has 1 amide bonds. The second-order valence-corrected chi connectivity index (χ2v) is 7.67. The van der Waals surface area contributed by atoms with Crippen LogP contribution in [0.1, 0.15) is 44.1 Å². The fourth-order valence-corrected chi connectivity index (χ4v) is 5.40. The zero-order chi connectivity index (χ0) is 15.9. The van der Waals surface area contributed by atoms with Gasteiger partial charge in [-0.25, -0.2) is 0 Å². The number of nitrogens with one attached hydrogen (secondary N) is 1. The molecule has 120 valence electrons. The van der Waals surface area contributed by atoms with E-state index in [0.29, 0.717) is 11.3 Å². The van der Waals surface area contributed by atoms with Crippen molar-refractivity contribution in [3.8, 4) is 11.8 Å². The number of rotatable bonds is 4. The number of nitriles is 1. The Morgan fingerprint density at radius 1 is 1.22 bits per heavy atom. The molecule has 0 aliphatic heterocycles. The van der Waals surface area contributed by atoms with E-state index in [1.54, 1.807) is 24.3 Å². The minimum absolute atomic E-state index is 0.0244.